The van der Waals surface area contributed by atoms with Crippen LogP contribution in [-0.4, -0.2) is 15.8 Å². The van der Waals surface area contributed by atoms with Crippen LogP contribution in [0, 0.1) is 46.3 Å². The summed E-state index contributed by atoms with van der Waals surface area (Å²) in [4.78, 5) is 0. The van der Waals surface area contributed by atoms with Crippen LogP contribution in [0.25, 0.3) is 0 Å². The fraction of sp³-hybridized carbons (Fsp3) is 0.786. The molecule has 0 heterocycles. The van der Waals surface area contributed by atoms with Gasteiger partial charge in [-0.25, -0.2) is 0 Å². The predicted octanol–water partition coefficient (Wildman–Crippen LogP) is 7.22. The van der Waals surface area contributed by atoms with Gasteiger partial charge in [0.2, 0.25) is 0 Å². The highest BCUT2D eigenvalue weighted by Crippen LogP contribution is 2.66. The van der Waals surface area contributed by atoms with Crippen LogP contribution >= 0.6 is 0 Å². The van der Waals surface area contributed by atoms with E-state index in [-0.39, 0.29) is 5.41 Å². The zero-order valence-corrected chi connectivity index (χ0v) is 20.1. The molecule has 8 atom stereocenters. The van der Waals surface area contributed by atoms with E-state index in [0.29, 0.717) is 28.9 Å². The van der Waals surface area contributed by atoms with Gasteiger partial charge in [-0.15, -0.1) is 0 Å². The highest BCUT2D eigenvalue weighted by Gasteiger charge is 2.58. The van der Waals surface area contributed by atoms with Gasteiger partial charge in [0.25, 0.3) is 0 Å². The molecule has 0 spiro atoms. The molecule has 2 heteroatoms. The molecule has 2 N–H and O–H groups in total. The third-order valence-electron chi connectivity index (χ3n) is 10.5. The van der Waals surface area contributed by atoms with Crippen LogP contribution in [0.3, 0.4) is 0 Å². The lowest BCUT2D eigenvalue weighted by atomic mass is 9.48. The molecule has 0 saturated heterocycles. The van der Waals surface area contributed by atoms with Crippen LogP contribution in [0.1, 0.15) is 86.5 Å². The highest BCUT2D eigenvalue weighted by molar-refractivity contribution is 5.43. The Labute approximate surface area is 184 Å². The van der Waals surface area contributed by atoms with Crippen LogP contribution < -0.4 is 0 Å². The Kier molecular flexibility index (Phi) is 5.57. The van der Waals surface area contributed by atoms with Gasteiger partial charge in [-0.1, -0.05) is 46.8 Å². The number of aliphatic hydroxyl groups excluding tert-OH is 1. The van der Waals surface area contributed by atoms with Crippen molar-refractivity contribution in [3.63, 3.8) is 0 Å². The van der Waals surface area contributed by atoms with E-state index in [1.807, 2.05) is 19.1 Å². The molecule has 0 aromatic carbocycles. The summed E-state index contributed by atoms with van der Waals surface area (Å²) in [5, 5.41) is 20.8. The lowest BCUT2D eigenvalue weighted by Gasteiger charge is -2.56. The third-order valence-corrected chi connectivity index (χ3v) is 10.5. The lowest BCUT2D eigenvalue weighted by molar-refractivity contribution is -0.0389. The molecule has 0 unspecified atom stereocenters. The molecule has 0 bridgehead atoms. The maximum Gasteiger partial charge on any atom is 0.115 e. The summed E-state index contributed by atoms with van der Waals surface area (Å²) in [6.45, 7) is 13.8. The minimum atomic E-state index is -0.545. The first-order chi connectivity index (χ1) is 14.0. The molecule has 0 aromatic rings. The monoisotopic (exact) mass is 412 g/mol. The number of hydrogen-bond acceptors (Lipinski definition) is 2. The first kappa shape index (κ1) is 22.2. The van der Waals surface area contributed by atoms with E-state index in [1.54, 1.807) is 0 Å². The fourth-order valence-electron chi connectivity index (χ4n) is 7.94. The van der Waals surface area contributed by atoms with E-state index in [0.717, 1.165) is 30.6 Å². The maximum atomic E-state index is 10.8. The van der Waals surface area contributed by atoms with Crippen molar-refractivity contribution >= 4 is 0 Å². The van der Waals surface area contributed by atoms with E-state index in [9.17, 15) is 10.2 Å². The lowest BCUT2D eigenvalue weighted by Crippen LogP contribution is -2.49. The van der Waals surface area contributed by atoms with Crippen LogP contribution in [0.15, 0.2) is 35.6 Å². The van der Waals surface area contributed by atoms with Crippen molar-refractivity contribution < 1.29 is 10.2 Å². The SMILES string of the molecule is CC(C)[C@](C)(O)CC[C@@H](C)[C@H]1CC[C@H]2[C@@H]3CC=C4C=C(O)C=C[C@]4(C)[C@H]3CC[C@]12C. The van der Waals surface area contributed by atoms with Crippen molar-refractivity contribution in [3.05, 3.63) is 35.6 Å². The van der Waals surface area contributed by atoms with Gasteiger partial charge in [-0.3, -0.25) is 0 Å². The summed E-state index contributed by atoms with van der Waals surface area (Å²) < 4.78 is 0. The smallest absolute Gasteiger partial charge is 0.115 e. The summed E-state index contributed by atoms with van der Waals surface area (Å²) >= 11 is 0. The number of aliphatic hydroxyl groups is 2. The zero-order valence-electron chi connectivity index (χ0n) is 20.1. The topological polar surface area (TPSA) is 40.5 Å². The van der Waals surface area contributed by atoms with E-state index in [2.05, 4.69) is 46.8 Å². The molecule has 2 fully saturated rings. The summed E-state index contributed by atoms with van der Waals surface area (Å²) in [6.07, 6.45) is 17.3. The van der Waals surface area contributed by atoms with Gasteiger partial charge in [0.15, 0.2) is 0 Å². The third kappa shape index (κ3) is 3.42. The van der Waals surface area contributed by atoms with Gasteiger partial charge in [-0.2, -0.15) is 0 Å². The Bertz CT molecular complexity index is 757. The molecule has 0 radical (unpaired) electrons. The number of allylic oxidation sites excluding steroid dienone is 5. The van der Waals surface area contributed by atoms with Gasteiger partial charge in [0.1, 0.15) is 5.76 Å². The number of rotatable bonds is 5. The van der Waals surface area contributed by atoms with Crippen LogP contribution in [-0.2, 0) is 0 Å². The second-order valence-electron chi connectivity index (χ2n) is 12.2. The van der Waals surface area contributed by atoms with Crippen molar-refractivity contribution in [2.24, 2.45) is 46.3 Å². The van der Waals surface area contributed by atoms with Crippen LogP contribution in [0.2, 0.25) is 0 Å². The quantitative estimate of drug-likeness (QED) is 0.500. The Hall–Kier alpha value is -1.02. The molecule has 2 nitrogen and oxygen atoms in total. The van der Waals surface area contributed by atoms with Gasteiger partial charge in [0.05, 0.1) is 5.60 Å². The minimum absolute atomic E-state index is 0.0934. The second-order valence-corrected chi connectivity index (χ2v) is 12.2. The molecule has 0 aliphatic heterocycles. The van der Waals surface area contributed by atoms with Gasteiger partial charge >= 0.3 is 0 Å². The van der Waals surface area contributed by atoms with E-state index in [4.69, 9.17) is 0 Å². The van der Waals surface area contributed by atoms with Crippen LogP contribution in [0.5, 0.6) is 0 Å². The molecule has 4 aliphatic carbocycles. The summed E-state index contributed by atoms with van der Waals surface area (Å²) in [7, 11) is 0. The maximum absolute atomic E-state index is 10.8. The average Bonchev–Trinajstić information content (AvgIpc) is 3.04. The summed E-state index contributed by atoms with van der Waals surface area (Å²) in [5.41, 5.74) is 1.33. The van der Waals surface area contributed by atoms with Crippen molar-refractivity contribution in [1.82, 2.24) is 0 Å². The number of hydrogen-bond donors (Lipinski definition) is 2. The fourth-order valence-corrected chi connectivity index (χ4v) is 7.94. The Morgan fingerprint density at radius 1 is 1.13 bits per heavy atom. The summed E-state index contributed by atoms with van der Waals surface area (Å²) in [6, 6.07) is 0. The van der Waals surface area contributed by atoms with E-state index in [1.165, 1.54) is 37.7 Å². The second kappa shape index (κ2) is 7.54. The summed E-state index contributed by atoms with van der Waals surface area (Å²) in [5.74, 6) is 4.48. The van der Waals surface area contributed by atoms with Gasteiger partial charge in [-0.05, 0) is 111 Å². The molecule has 2 saturated carbocycles. The Morgan fingerprint density at radius 2 is 1.87 bits per heavy atom. The first-order valence-electron chi connectivity index (χ1n) is 12.5. The van der Waals surface area contributed by atoms with Crippen LogP contribution in [0.4, 0.5) is 0 Å². The standard InChI is InChI=1S/C28H44O2/c1-18(2)28(6,30)16-11-19(3)23-9-10-24-22-8-7-20-17-21(29)12-14-26(20,4)25(22)13-15-27(23,24)5/h7,12,14,17-19,22-25,29-30H,8-11,13,15-16H2,1-6H3/t19-,22+,23-,24+,25+,26+,27-,28-/m1/s1. The van der Waals surface area contributed by atoms with E-state index >= 15 is 0 Å². The molecule has 0 aromatic heterocycles. The molecule has 168 valence electrons. The molecule has 4 rings (SSSR count). The molecule has 30 heavy (non-hydrogen) atoms. The predicted molar refractivity (Wildman–Crippen MR) is 125 cm³/mol. The molecule has 4 aliphatic rings. The highest BCUT2D eigenvalue weighted by atomic mass is 16.3. The normalized spacial score (nSPS) is 43.2. The van der Waals surface area contributed by atoms with Crippen molar-refractivity contribution in [3.8, 4) is 0 Å². The Balaban J connectivity index is 1.51. The van der Waals surface area contributed by atoms with Crippen molar-refractivity contribution in [2.75, 3.05) is 0 Å². The van der Waals surface area contributed by atoms with Gasteiger partial charge in [0, 0.05) is 5.41 Å². The minimum Gasteiger partial charge on any atom is -0.508 e. The molecule has 0 amide bonds. The number of fused-ring (bicyclic) bond motifs is 5. The van der Waals surface area contributed by atoms with Crippen molar-refractivity contribution in [1.29, 1.82) is 0 Å². The largest absolute Gasteiger partial charge is 0.508 e. The van der Waals surface area contributed by atoms with Crippen molar-refractivity contribution in [2.45, 2.75) is 92.1 Å². The zero-order chi connectivity index (χ0) is 21.9. The molecular weight excluding hydrogens is 368 g/mol. The van der Waals surface area contributed by atoms with Gasteiger partial charge < -0.3 is 10.2 Å². The average molecular weight is 413 g/mol. The first-order valence-corrected chi connectivity index (χ1v) is 12.5. The van der Waals surface area contributed by atoms with E-state index < -0.39 is 5.60 Å². The molecular formula is C28H44O2. The Morgan fingerprint density at radius 3 is 2.57 bits per heavy atom.